The summed E-state index contributed by atoms with van der Waals surface area (Å²) >= 11 is 0. The number of carbonyl (C=O) groups excluding carboxylic acids is 2. The largest absolute Gasteiger partial charge is 0.445 e. The Morgan fingerprint density at radius 1 is 1.03 bits per heavy atom. The summed E-state index contributed by atoms with van der Waals surface area (Å²) in [7, 11) is 0. The quantitative estimate of drug-likeness (QED) is 0.494. The van der Waals surface area contributed by atoms with Crippen LogP contribution in [-0.2, 0) is 16.1 Å². The zero-order valence-corrected chi connectivity index (χ0v) is 20.2. The molecule has 1 aliphatic heterocycles. The summed E-state index contributed by atoms with van der Waals surface area (Å²) in [6.45, 7) is 6.09. The molecule has 3 rings (SSSR count). The summed E-state index contributed by atoms with van der Waals surface area (Å²) in [5, 5.41) is 2.60. The van der Waals surface area contributed by atoms with E-state index in [9.17, 15) is 22.8 Å². The highest BCUT2D eigenvalue weighted by Gasteiger charge is 2.30. The maximum absolute atomic E-state index is 14.5. The van der Waals surface area contributed by atoms with E-state index in [0.29, 0.717) is 32.0 Å². The molecule has 2 aromatic rings. The van der Waals surface area contributed by atoms with E-state index in [1.807, 2.05) is 30.3 Å². The highest BCUT2D eigenvalue weighted by atomic mass is 19.2. The lowest BCUT2D eigenvalue weighted by atomic mass is 9.87. The van der Waals surface area contributed by atoms with E-state index in [1.54, 1.807) is 25.7 Å². The molecule has 0 aromatic heterocycles. The number of hydrogen-bond donors (Lipinski definition) is 1. The molecule has 1 saturated heterocycles. The highest BCUT2D eigenvalue weighted by molar-refractivity contribution is 5.68. The molecule has 35 heavy (non-hydrogen) atoms. The number of benzene rings is 2. The number of nitrogens with zero attached hydrogens (tertiary/aromatic N) is 1. The smallest absolute Gasteiger partial charge is 0.410 e. The van der Waals surface area contributed by atoms with E-state index in [0.717, 1.165) is 11.6 Å². The van der Waals surface area contributed by atoms with Crippen LogP contribution in [0.3, 0.4) is 0 Å². The van der Waals surface area contributed by atoms with Crippen molar-refractivity contribution in [3.8, 4) is 0 Å². The summed E-state index contributed by atoms with van der Waals surface area (Å²) in [6.07, 6.45) is 0.237. The molecule has 1 fully saturated rings. The predicted molar refractivity (Wildman–Crippen MR) is 124 cm³/mol. The van der Waals surface area contributed by atoms with E-state index >= 15 is 0 Å². The number of alkyl carbamates (subject to hydrolysis) is 1. The fourth-order valence-corrected chi connectivity index (χ4v) is 4.01. The molecule has 2 aromatic carbocycles. The molecule has 1 heterocycles. The van der Waals surface area contributed by atoms with Gasteiger partial charge in [-0.25, -0.2) is 22.8 Å². The van der Waals surface area contributed by atoms with Crippen molar-refractivity contribution < 1.29 is 32.2 Å². The summed E-state index contributed by atoms with van der Waals surface area (Å²) in [4.78, 5) is 26.4. The Morgan fingerprint density at radius 2 is 1.66 bits per heavy atom. The van der Waals surface area contributed by atoms with Crippen LogP contribution in [-0.4, -0.2) is 35.8 Å². The number of likely N-dealkylation sites (tertiary alicyclic amines) is 1. The Morgan fingerprint density at radius 3 is 2.29 bits per heavy atom. The SMILES string of the molecule is CC(C)(C)OC(=O)NC(CC1CCN(C(=O)OCc2ccccc2)CC1)c1cc(F)c(F)cc1F. The third-order valence-corrected chi connectivity index (χ3v) is 5.75. The van der Waals surface area contributed by atoms with E-state index in [1.165, 1.54) is 0 Å². The van der Waals surface area contributed by atoms with Gasteiger partial charge < -0.3 is 19.7 Å². The molecule has 190 valence electrons. The first-order chi connectivity index (χ1) is 16.5. The van der Waals surface area contributed by atoms with Gasteiger partial charge in [0.05, 0.1) is 6.04 Å². The van der Waals surface area contributed by atoms with Crippen LogP contribution in [0.15, 0.2) is 42.5 Å². The van der Waals surface area contributed by atoms with E-state index in [-0.39, 0.29) is 24.5 Å². The summed E-state index contributed by atoms with van der Waals surface area (Å²) in [6, 6.07) is 9.67. The van der Waals surface area contributed by atoms with Crippen LogP contribution in [0.4, 0.5) is 22.8 Å². The lowest BCUT2D eigenvalue weighted by Gasteiger charge is -2.33. The molecule has 0 bridgehead atoms. The molecule has 0 saturated carbocycles. The normalized spacial score (nSPS) is 15.4. The number of nitrogens with one attached hydrogen (secondary N) is 1. The Bertz CT molecular complexity index is 1020. The molecule has 9 heteroatoms. The Kier molecular flexibility index (Phi) is 8.64. The van der Waals surface area contributed by atoms with Gasteiger partial charge in [-0.15, -0.1) is 0 Å². The van der Waals surface area contributed by atoms with E-state index in [4.69, 9.17) is 9.47 Å². The van der Waals surface area contributed by atoms with E-state index in [2.05, 4.69) is 5.32 Å². The van der Waals surface area contributed by atoms with Crippen LogP contribution in [0.5, 0.6) is 0 Å². The van der Waals surface area contributed by atoms with Crippen LogP contribution in [0.1, 0.15) is 57.2 Å². The first kappa shape index (κ1) is 26.4. The molecule has 1 aliphatic rings. The van der Waals surface area contributed by atoms with Crippen LogP contribution < -0.4 is 5.32 Å². The van der Waals surface area contributed by atoms with Gasteiger partial charge in [0.2, 0.25) is 0 Å². The topological polar surface area (TPSA) is 67.9 Å². The molecule has 1 unspecified atom stereocenters. The summed E-state index contributed by atoms with van der Waals surface area (Å²) in [5.74, 6) is -3.45. The highest BCUT2D eigenvalue weighted by Crippen LogP contribution is 2.31. The van der Waals surface area contributed by atoms with Gasteiger partial charge in [0.15, 0.2) is 11.6 Å². The standard InChI is InChI=1S/C26H31F3N2O4/c1-26(2,3)35-24(32)30-23(19-14-21(28)22(29)15-20(19)27)13-17-9-11-31(12-10-17)25(33)34-16-18-7-5-4-6-8-18/h4-8,14-15,17,23H,9-13,16H2,1-3H3,(H,30,32). The van der Waals surface area contributed by atoms with Crippen LogP contribution in [0.2, 0.25) is 0 Å². The molecule has 1 N–H and O–H groups in total. The molecule has 0 spiro atoms. The minimum atomic E-state index is -1.30. The lowest BCUT2D eigenvalue weighted by Crippen LogP contribution is -2.40. The molecule has 0 radical (unpaired) electrons. The van der Waals surface area contributed by atoms with Crippen molar-refractivity contribution >= 4 is 12.2 Å². The number of hydrogen-bond acceptors (Lipinski definition) is 4. The summed E-state index contributed by atoms with van der Waals surface area (Å²) < 4.78 is 52.6. The van der Waals surface area contributed by atoms with Gasteiger partial charge in [-0.2, -0.15) is 0 Å². The second kappa shape index (κ2) is 11.5. The average Bonchev–Trinajstić information content (AvgIpc) is 2.79. The fourth-order valence-electron chi connectivity index (χ4n) is 4.01. The first-order valence-electron chi connectivity index (χ1n) is 11.6. The molecule has 2 amide bonds. The van der Waals surface area contributed by atoms with Gasteiger partial charge >= 0.3 is 12.2 Å². The van der Waals surface area contributed by atoms with Gasteiger partial charge in [0, 0.05) is 24.7 Å². The maximum atomic E-state index is 14.5. The summed E-state index contributed by atoms with van der Waals surface area (Å²) in [5.41, 5.74) is -0.0491. The van der Waals surface area contributed by atoms with Gasteiger partial charge in [-0.3, -0.25) is 0 Å². The third kappa shape index (κ3) is 7.90. The average molecular weight is 493 g/mol. The predicted octanol–water partition coefficient (Wildman–Crippen LogP) is 6.11. The van der Waals surface area contributed by atoms with Crippen LogP contribution in [0, 0.1) is 23.4 Å². The number of halogens is 3. The Hall–Kier alpha value is -3.23. The molecular weight excluding hydrogens is 461 g/mol. The van der Waals surface area contributed by atoms with Crippen molar-refractivity contribution in [3.63, 3.8) is 0 Å². The minimum Gasteiger partial charge on any atom is -0.445 e. The van der Waals surface area contributed by atoms with Gasteiger partial charge in [-0.1, -0.05) is 30.3 Å². The van der Waals surface area contributed by atoms with Crippen molar-refractivity contribution in [3.05, 3.63) is 71.0 Å². The van der Waals surface area contributed by atoms with Crippen molar-refractivity contribution in [2.24, 2.45) is 5.92 Å². The second-order valence-corrected chi connectivity index (χ2v) is 9.69. The van der Waals surface area contributed by atoms with Crippen molar-refractivity contribution in [1.29, 1.82) is 0 Å². The zero-order valence-electron chi connectivity index (χ0n) is 20.2. The monoisotopic (exact) mass is 492 g/mol. The van der Waals surface area contributed by atoms with Gasteiger partial charge in [0.25, 0.3) is 0 Å². The van der Waals surface area contributed by atoms with Gasteiger partial charge in [0.1, 0.15) is 18.0 Å². The van der Waals surface area contributed by atoms with Crippen molar-refractivity contribution in [2.75, 3.05) is 13.1 Å². The second-order valence-electron chi connectivity index (χ2n) is 9.69. The van der Waals surface area contributed by atoms with Crippen LogP contribution in [0.25, 0.3) is 0 Å². The number of amides is 2. The minimum absolute atomic E-state index is 0.000578. The Balaban J connectivity index is 1.62. The van der Waals surface area contributed by atoms with E-state index < -0.39 is 41.3 Å². The lowest BCUT2D eigenvalue weighted by molar-refractivity contribution is 0.0488. The number of carbonyl (C=O) groups is 2. The third-order valence-electron chi connectivity index (χ3n) is 5.75. The molecule has 1 atom stereocenters. The molecule has 0 aliphatic carbocycles. The van der Waals surface area contributed by atoms with Crippen molar-refractivity contribution in [1.82, 2.24) is 10.2 Å². The van der Waals surface area contributed by atoms with Crippen LogP contribution >= 0.6 is 0 Å². The number of piperidine rings is 1. The molecule has 6 nitrogen and oxygen atoms in total. The fraction of sp³-hybridized carbons (Fsp3) is 0.462. The maximum Gasteiger partial charge on any atom is 0.410 e. The van der Waals surface area contributed by atoms with Crippen molar-refractivity contribution in [2.45, 2.75) is 58.3 Å². The first-order valence-corrected chi connectivity index (χ1v) is 11.6. The zero-order chi connectivity index (χ0) is 25.6. The van der Waals surface area contributed by atoms with Gasteiger partial charge in [-0.05, 0) is 57.6 Å². The number of ether oxygens (including phenoxy) is 2. The molecular formula is C26H31F3N2O4. The number of rotatable bonds is 6. The Labute approximate surface area is 203 Å².